The highest BCUT2D eigenvalue weighted by Crippen LogP contribution is 2.26. The number of benzene rings is 2. The first-order valence-corrected chi connectivity index (χ1v) is 9.19. The number of carbonyl (C=O) groups is 1. The molecule has 5 nitrogen and oxygen atoms in total. The molecule has 1 unspecified atom stereocenters. The van der Waals surface area contributed by atoms with Crippen LogP contribution in [-0.4, -0.2) is 40.9 Å². The zero-order valence-corrected chi connectivity index (χ0v) is 17.8. The maximum atomic E-state index is 13.0. The average Bonchev–Trinajstić information content (AvgIpc) is 3.30. The van der Waals surface area contributed by atoms with Gasteiger partial charge in [0.25, 0.3) is 5.91 Å². The van der Waals surface area contributed by atoms with Crippen LogP contribution >= 0.6 is 36.4 Å². The van der Waals surface area contributed by atoms with Crippen molar-refractivity contribution in [1.82, 2.24) is 20.2 Å². The summed E-state index contributed by atoms with van der Waals surface area (Å²) in [5.41, 5.74) is 3.64. The Morgan fingerprint density at radius 3 is 2.79 bits per heavy atom. The molecule has 1 aromatic heterocycles. The van der Waals surface area contributed by atoms with Gasteiger partial charge < -0.3 is 15.2 Å². The normalized spacial score (nSPS) is 15.7. The fourth-order valence-corrected chi connectivity index (χ4v) is 3.75. The minimum Gasteiger partial charge on any atom is -0.340 e. The highest BCUT2D eigenvalue weighted by Gasteiger charge is 2.24. The van der Waals surface area contributed by atoms with Crippen LogP contribution in [0.3, 0.4) is 0 Å². The summed E-state index contributed by atoms with van der Waals surface area (Å²) >= 11 is 6.03. The van der Waals surface area contributed by atoms with Gasteiger partial charge in [0, 0.05) is 24.2 Å². The molecule has 8 heteroatoms. The summed E-state index contributed by atoms with van der Waals surface area (Å²) in [6.07, 6.45) is 1.07. The molecule has 2 N–H and O–H groups in total. The molecule has 1 fully saturated rings. The molecular formula is C20H23Cl3N4O. The predicted molar refractivity (Wildman–Crippen MR) is 118 cm³/mol. The van der Waals surface area contributed by atoms with E-state index in [1.54, 1.807) is 4.90 Å². The minimum atomic E-state index is 0. The fourth-order valence-electron chi connectivity index (χ4n) is 3.58. The molecule has 3 aromatic rings. The molecule has 2 aromatic carbocycles. The van der Waals surface area contributed by atoms with Crippen molar-refractivity contribution in [3.05, 3.63) is 64.4 Å². The molecule has 0 bridgehead atoms. The lowest BCUT2D eigenvalue weighted by Gasteiger charge is -2.20. The maximum Gasteiger partial charge on any atom is 0.254 e. The predicted octanol–water partition coefficient (Wildman–Crippen LogP) is 4.41. The third-order valence-corrected chi connectivity index (χ3v) is 5.15. The van der Waals surface area contributed by atoms with E-state index in [1.807, 2.05) is 43.4 Å². The van der Waals surface area contributed by atoms with E-state index in [9.17, 15) is 4.79 Å². The Bertz CT molecular complexity index is 954. The molecule has 4 rings (SSSR count). The highest BCUT2D eigenvalue weighted by atomic mass is 35.5. The van der Waals surface area contributed by atoms with Crippen LogP contribution in [0.15, 0.2) is 42.5 Å². The SMILES string of the molecule is CN(Cc1nc2ccc(Cl)cc2[nH]1)C(=O)c1ccccc1C1CCNC1.Cl.Cl. The van der Waals surface area contributed by atoms with Crippen LogP contribution < -0.4 is 5.32 Å². The summed E-state index contributed by atoms with van der Waals surface area (Å²) in [4.78, 5) is 22.5. The number of halogens is 3. The molecule has 0 spiro atoms. The number of nitrogens with one attached hydrogen (secondary N) is 2. The van der Waals surface area contributed by atoms with Crippen molar-refractivity contribution in [3.63, 3.8) is 0 Å². The van der Waals surface area contributed by atoms with Crippen molar-refractivity contribution < 1.29 is 4.79 Å². The second-order valence-corrected chi connectivity index (χ2v) is 7.22. The lowest BCUT2D eigenvalue weighted by molar-refractivity contribution is 0.0780. The van der Waals surface area contributed by atoms with Gasteiger partial charge in [-0.25, -0.2) is 4.98 Å². The van der Waals surface area contributed by atoms with Crippen molar-refractivity contribution in [3.8, 4) is 0 Å². The van der Waals surface area contributed by atoms with E-state index in [2.05, 4.69) is 21.4 Å². The molecule has 150 valence electrons. The van der Waals surface area contributed by atoms with Gasteiger partial charge in [-0.1, -0.05) is 29.8 Å². The number of nitrogens with zero attached hydrogens (tertiary/aromatic N) is 2. The Morgan fingerprint density at radius 2 is 2.04 bits per heavy atom. The Balaban J connectivity index is 0.00000140. The van der Waals surface area contributed by atoms with Gasteiger partial charge in [-0.15, -0.1) is 24.8 Å². The molecule has 0 radical (unpaired) electrons. The summed E-state index contributed by atoms with van der Waals surface area (Å²) in [5.74, 6) is 1.17. The molecule has 28 heavy (non-hydrogen) atoms. The van der Waals surface area contributed by atoms with E-state index >= 15 is 0 Å². The van der Waals surface area contributed by atoms with Crippen LogP contribution in [0.4, 0.5) is 0 Å². The number of hydrogen-bond donors (Lipinski definition) is 2. The zero-order chi connectivity index (χ0) is 18.1. The van der Waals surface area contributed by atoms with E-state index in [1.165, 1.54) is 0 Å². The summed E-state index contributed by atoms with van der Waals surface area (Å²) in [5, 5.41) is 4.04. The van der Waals surface area contributed by atoms with Gasteiger partial charge in [0.2, 0.25) is 0 Å². The number of carbonyl (C=O) groups excluding carboxylic acids is 1. The molecule has 1 amide bonds. The van der Waals surface area contributed by atoms with Crippen LogP contribution in [0.2, 0.25) is 5.02 Å². The lowest BCUT2D eigenvalue weighted by atomic mass is 9.93. The van der Waals surface area contributed by atoms with Crippen molar-refractivity contribution in [2.24, 2.45) is 0 Å². The maximum absolute atomic E-state index is 13.0. The molecule has 0 aliphatic carbocycles. The molecule has 1 aliphatic rings. The Hall–Kier alpha value is -1.79. The van der Waals surface area contributed by atoms with Crippen LogP contribution in [0.1, 0.15) is 34.1 Å². The van der Waals surface area contributed by atoms with Gasteiger partial charge in [0.1, 0.15) is 5.82 Å². The number of aromatic nitrogens is 2. The van der Waals surface area contributed by atoms with Crippen molar-refractivity contribution >= 4 is 53.4 Å². The van der Waals surface area contributed by atoms with Gasteiger partial charge in [0.15, 0.2) is 0 Å². The highest BCUT2D eigenvalue weighted by molar-refractivity contribution is 6.31. The number of hydrogen-bond acceptors (Lipinski definition) is 3. The van der Waals surface area contributed by atoms with E-state index in [4.69, 9.17) is 11.6 Å². The Labute approximate surface area is 181 Å². The zero-order valence-electron chi connectivity index (χ0n) is 15.4. The second-order valence-electron chi connectivity index (χ2n) is 6.78. The van der Waals surface area contributed by atoms with Gasteiger partial charge in [0.05, 0.1) is 17.6 Å². The van der Waals surface area contributed by atoms with Gasteiger partial charge in [-0.3, -0.25) is 4.79 Å². The number of fused-ring (bicyclic) bond motifs is 1. The number of H-pyrrole nitrogens is 1. The van der Waals surface area contributed by atoms with Crippen LogP contribution in [-0.2, 0) is 6.54 Å². The van der Waals surface area contributed by atoms with Crippen LogP contribution in [0.5, 0.6) is 0 Å². The summed E-state index contributed by atoms with van der Waals surface area (Å²) in [6.45, 7) is 2.35. The lowest BCUT2D eigenvalue weighted by Crippen LogP contribution is -2.28. The first kappa shape index (κ1) is 22.5. The Morgan fingerprint density at radius 1 is 1.25 bits per heavy atom. The van der Waals surface area contributed by atoms with E-state index in [0.717, 1.165) is 47.5 Å². The van der Waals surface area contributed by atoms with Crippen molar-refractivity contribution in [1.29, 1.82) is 0 Å². The first-order chi connectivity index (χ1) is 12.6. The molecule has 1 aliphatic heterocycles. The van der Waals surface area contributed by atoms with E-state index < -0.39 is 0 Å². The van der Waals surface area contributed by atoms with E-state index in [-0.39, 0.29) is 30.7 Å². The van der Waals surface area contributed by atoms with Crippen LogP contribution in [0.25, 0.3) is 11.0 Å². The monoisotopic (exact) mass is 440 g/mol. The summed E-state index contributed by atoms with van der Waals surface area (Å²) < 4.78 is 0. The molecule has 2 heterocycles. The minimum absolute atomic E-state index is 0. The smallest absolute Gasteiger partial charge is 0.254 e. The number of aromatic amines is 1. The standard InChI is InChI=1S/C20H21ClN4O.2ClH/c1-25(12-19-23-17-7-6-14(21)10-18(17)24-19)20(26)16-5-3-2-4-15(16)13-8-9-22-11-13;;/h2-7,10,13,22H,8-9,11-12H2,1H3,(H,23,24);2*1H. The fraction of sp³-hybridized carbons (Fsp3) is 0.300. The summed E-state index contributed by atoms with van der Waals surface area (Å²) in [6, 6.07) is 13.5. The number of imidazole rings is 1. The first-order valence-electron chi connectivity index (χ1n) is 8.81. The number of amides is 1. The third-order valence-electron chi connectivity index (χ3n) is 4.92. The second kappa shape index (κ2) is 9.61. The molecular weight excluding hydrogens is 419 g/mol. The average molecular weight is 442 g/mol. The van der Waals surface area contributed by atoms with Gasteiger partial charge in [-0.2, -0.15) is 0 Å². The van der Waals surface area contributed by atoms with Crippen molar-refractivity contribution in [2.75, 3.05) is 20.1 Å². The molecule has 0 saturated carbocycles. The molecule has 1 atom stereocenters. The topological polar surface area (TPSA) is 61.0 Å². The van der Waals surface area contributed by atoms with E-state index in [0.29, 0.717) is 17.5 Å². The number of rotatable bonds is 4. The Kier molecular flexibility index (Phi) is 7.72. The molecule has 1 saturated heterocycles. The quantitative estimate of drug-likeness (QED) is 0.630. The van der Waals surface area contributed by atoms with Gasteiger partial charge in [-0.05, 0) is 48.7 Å². The van der Waals surface area contributed by atoms with Crippen LogP contribution in [0, 0.1) is 0 Å². The third kappa shape index (κ3) is 4.61. The van der Waals surface area contributed by atoms with Crippen molar-refractivity contribution in [2.45, 2.75) is 18.9 Å². The summed E-state index contributed by atoms with van der Waals surface area (Å²) in [7, 11) is 1.81. The largest absolute Gasteiger partial charge is 0.340 e. The van der Waals surface area contributed by atoms with Gasteiger partial charge >= 0.3 is 0 Å².